The zero-order chi connectivity index (χ0) is 13.3. The highest BCUT2D eigenvalue weighted by atomic mass is 19.1. The SMILES string of the molecule is CC(=O)c1cnc(-c2cc(C)cc(F)c2)nc1C. The van der Waals surface area contributed by atoms with Gasteiger partial charge in [0, 0.05) is 11.8 Å². The van der Waals surface area contributed by atoms with E-state index in [1.165, 1.54) is 25.3 Å². The fourth-order valence-electron chi connectivity index (χ4n) is 1.82. The second kappa shape index (κ2) is 4.64. The molecule has 0 N–H and O–H groups in total. The summed E-state index contributed by atoms with van der Waals surface area (Å²) in [5.74, 6) is 0.0384. The number of carbonyl (C=O) groups excluding carboxylic acids is 1. The summed E-state index contributed by atoms with van der Waals surface area (Å²) in [6, 6.07) is 4.64. The third kappa shape index (κ3) is 2.42. The van der Waals surface area contributed by atoms with E-state index in [4.69, 9.17) is 0 Å². The Bertz CT molecular complexity index is 603. The number of Topliss-reactive ketones (excluding diaryl/α,β-unsaturated/α-hetero) is 1. The summed E-state index contributed by atoms with van der Waals surface area (Å²) in [5.41, 5.74) is 2.52. The molecule has 0 radical (unpaired) electrons. The van der Waals surface area contributed by atoms with Gasteiger partial charge < -0.3 is 0 Å². The average molecular weight is 244 g/mol. The van der Waals surface area contributed by atoms with Crippen molar-refractivity contribution in [2.75, 3.05) is 0 Å². The van der Waals surface area contributed by atoms with Crippen LogP contribution in [0.4, 0.5) is 4.39 Å². The molecule has 0 aliphatic carbocycles. The fraction of sp³-hybridized carbons (Fsp3) is 0.214. The van der Waals surface area contributed by atoms with Crippen molar-refractivity contribution in [3.05, 3.63) is 47.0 Å². The highest BCUT2D eigenvalue weighted by molar-refractivity contribution is 5.94. The van der Waals surface area contributed by atoms with Crippen molar-refractivity contribution in [3.63, 3.8) is 0 Å². The first kappa shape index (κ1) is 12.4. The van der Waals surface area contributed by atoms with E-state index in [1.807, 2.05) is 13.0 Å². The number of carbonyl (C=O) groups is 1. The molecule has 0 aliphatic rings. The van der Waals surface area contributed by atoms with Crippen molar-refractivity contribution in [3.8, 4) is 11.4 Å². The number of aromatic nitrogens is 2. The Balaban J connectivity index is 2.52. The van der Waals surface area contributed by atoms with Crippen LogP contribution in [0.5, 0.6) is 0 Å². The Hall–Kier alpha value is -2.10. The van der Waals surface area contributed by atoms with Gasteiger partial charge in [-0.25, -0.2) is 14.4 Å². The maximum absolute atomic E-state index is 13.3. The number of halogens is 1. The maximum atomic E-state index is 13.3. The zero-order valence-corrected chi connectivity index (χ0v) is 10.5. The molecule has 1 aromatic heterocycles. The van der Waals surface area contributed by atoms with E-state index in [2.05, 4.69) is 9.97 Å². The number of hydrogen-bond acceptors (Lipinski definition) is 3. The van der Waals surface area contributed by atoms with Crippen LogP contribution in [0.3, 0.4) is 0 Å². The first-order valence-electron chi connectivity index (χ1n) is 5.59. The zero-order valence-electron chi connectivity index (χ0n) is 10.5. The number of benzene rings is 1. The molecule has 0 unspecified atom stereocenters. The monoisotopic (exact) mass is 244 g/mol. The van der Waals surface area contributed by atoms with Gasteiger partial charge in [0.1, 0.15) is 5.82 Å². The van der Waals surface area contributed by atoms with E-state index < -0.39 is 0 Å². The smallest absolute Gasteiger partial charge is 0.163 e. The van der Waals surface area contributed by atoms with Crippen LogP contribution < -0.4 is 0 Å². The van der Waals surface area contributed by atoms with E-state index in [-0.39, 0.29) is 11.6 Å². The molecule has 0 bridgehead atoms. The first-order chi connectivity index (χ1) is 8.47. The number of hydrogen-bond donors (Lipinski definition) is 0. The van der Waals surface area contributed by atoms with Crippen molar-refractivity contribution < 1.29 is 9.18 Å². The third-order valence-electron chi connectivity index (χ3n) is 2.66. The second-order valence-corrected chi connectivity index (χ2v) is 4.27. The predicted molar refractivity (Wildman–Crippen MR) is 66.9 cm³/mol. The molecule has 1 aromatic carbocycles. The van der Waals surface area contributed by atoms with Crippen LogP contribution in [0.15, 0.2) is 24.4 Å². The summed E-state index contributed by atoms with van der Waals surface area (Å²) in [7, 11) is 0. The minimum Gasteiger partial charge on any atom is -0.294 e. The molecule has 92 valence electrons. The number of aryl methyl sites for hydroxylation is 2. The Morgan fingerprint density at radius 3 is 2.50 bits per heavy atom. The minimum atomic E-state index is -0.318. The molecule has 2 rings (SSSR count). The van der Waals surface area contributed by atoms with E-state index in [9.17, 15) is 9.18 Å². The lowest BCUT2D eigenvalue weighted by Crippen LogP contribution is -2.02. The molecule has 0 saturated heterocycles. The van der Waals surface area contributed by atoms with Crippen LogP contribution in [-0.2, 0) is 0 Å². The summed E-state index contributed by atoms with van der Waals surface area (Å²) in [5, 5.41) is 0. The highest BCUT2D eigenvalue weighted by Gasteiger charge is 2.09. The van der Waals surface area contributed by atoms with Crippen LogP contribution in [0, 0.1) is 19.7 Å². The molecular weight excluding hydrogens is 231 g/mol. The maximum Gasteiger partial charge on any atom is 0.163 e. The van der Waals surface area contributed by atoms with Gasteiger partial charge in [0.15, 0.2) is 11.6 Å². The van der Waals surface area contributed by atoms with Gasteiger partial charge in [-0.2, -0.15) is 0 Å². The van der Waals surface area contributed by atoms with Gasteiger partial charge in [0.2, 0.25) is 0 Å². The molecule has 0 fully saturated rings. The molecule has 0 saturated carbocycles. The molecule has 1 heterocycles. The standard InChI is InChI=1S/C14H13FN2O/c1-8-4-11(6-12(15)5-8)14-16-7-13(10(3)18)9(2)17-14/h4-7H,1-3H3. The minimum absolute atomic E-state index is 0.0746. The molecule has 2 aromatic rings. The van der Waals surface area contributed by atoms with E-state index in [0.717, 1.165) is 5.56 Å². The lowest BCUT2D eigenvalue weighted by molar-refractivity contribution is 0.101. The van der Waals surface area contributed by atoms with Crippen molar-refractivity contribution in [2.45, 2.75) is 20.8 Å². The Morgan fingerprint density at radius 2 is 1.94 bits per heavy atom. The van der Waals surface area contributed by atoms with Crippen LogP contribution >= 0.6 is 0 Å². The molecular formula is C14H13FN2O. The van der Waals surface area contributed by atoms with Crippen LogP contribution in [0.25, 0.3) is 11.4 Å². The molecule has 0 spiro atoms. The average Bonchev–Trinajstić information content (AvgIpc) is 2.26. The fourth-order valence-corrected chi connectivity index (χ4v) is 1.82. The normalized spacial score (nSPS) is 10.4. The molecule has 4 heteroatoms. The van der Waals surface area contributed by atoms with Gasteiger partial charge in [0.05, 0.1) is 11.3 Å². The molecule has 0 amide bonds. The topological polar surface area (TPSA) is 42.9 Å². The lowest BCUT2D eigenvalue weighted by atomic mass is 10.1. The lowest BCUT2D eigenvalue weighted by Gasteiger charge is -2.05. The number of ketones is 1. The van der Waals surface area contributed by atoms with Crippen molar-refractivity contribution in [2.24, 2.45) is 0 Å². The van der Waals surface area contributed by atoms with E-state index >= 15 is 0 Å². The molecule has 0 aliphatic heterocycles. The van der Waals surface area contributed by atoms with Gasteiger partial charge in [-0.3, -0.25) is 4.79 Å². The molecule has 0 atom stereocenters. The van der Waals surface area contributed by atoms with E-state index in [1.54, 1.807) is 6.92 Å². The second-order valence-electron chi connectivity index (χ2n) is 4.27. The van der Waals surface area contributed by atoms with Crippen molar-refractivity contribution in [1.82, 2.24) is 9.97 Å². The summed E-state index contributed by atoms with van der Waals surface area (Å²) in [6.07, 6.45) is 1.49. The van der Waals surface area contributed by atoms with Crippen molar-refractivity contribution in [1.29, 1.82) is 0 Å². The van der Waals surface area contributed by atoms with Gasteiger partial charge in [-0.1, -0.05) is 0 Å². The van der Waals surface area contributed by atoms with Gasteiger partial charge in [0.25, 0.3) is 0 Å². The predicted octanol–water partition coefficient (Wildman–Crippen LogP) is 3.10. The van der Waals surface area contributed by atoms with Gasteiger partial charge in [-0.05, 0) is 44.5 Å². The van der Waals surface area contributed by atoms with Crippen LogP contribution in [-0.4, -0.2) is 15.8 Å². The highest BCUT2D eigenvalue weighted by Crippen LogP contribution is 2.19. The summed E-state index contributed by atoms with van der Waals surface area (Å²) >= 11 is 0. The summed E-state index contributed by atoms with van der Waals surface area (Å²) in [6.45, 7) is 5.02. The third-order valence-corrected chi connectivity index (χ3v) is 2.66. The number of rotatable bonds is 2. The van der Waals surface area contributed by atoms with E-state index in [0.29, 0.717) is 22.6 Å². The molecule has 3 nitrogen and oxygen atoms in total. The Labute approximate surface area is 105 Å². The van der Waals surface area contributed by atoms with Crippen LogP contribution in [0.1, 0.15) is 28.5 Å². The van der Waals surface area contributed by atoms with Crippen LogP contribution in [0.2, 0.25) is 0 Å². The summed E-state index contributed by atoms with van der Waals surface area (Å²) < 4.78 is 13.3. The van der Waals surface area contributed by atoms with Gasteiger partial charge in [-0.15, -0.1) is 0 Å². The Morgan fingerprint density at radius 1 is 1.22 bits per heavy atom. The summed E-state index contributed by atoms with van der Waals surface area (Å²) in [4.78, 5) is 19.6. The largest absolute Gasteiger partial charge is 0.294 e. The quantitative estimate of drug-likeness (QED) is 0.762. The van der Waals surface area contributed by atoms with Gasteiger partial charge >= 0.3 is 0 Å². The molecule has 18 heavy (non-hydrogen) atoms. The van der Waals surface area contributed by atoms with Crippen molar-refractivity contribution >= 4 is 5.78 Å². The first-order valence-corrected chi connectivity index (χ1v) is 5.59. The Kier molecular flexibility index (Phi) is 3.19. The number of nitrogens with zero attached hydrogens (tertiary/aromatic N) is 2.